The monoisotopic (exact) mass is 328 g/mol. The molecule has 2 N–H and O–H groups in total. The number of aromatic nitrogens is 3. The number of nitrogens with one attached hydrogen (secondary N) is 1. The van der Waals surface area contributed by atoms with Gasteiger partial charge in [-0.05, 0) is 31.0 Å². The summed E-state index contributed by atoms with van der Waals surface area (Å²) in [6, 6.07) is 6.39. The molecule has 2 aromatic rings. The van der Waals surface area contributed by atoms with Gasteiger partial charge in [0.15, 0.2) is 0 Å². The Labute approximate surface area is 140 Å². The molecule has 0 unspecified atom stereocenters. The Morgan fingerprint density at radius 2 is 2.29 bits per heavy atom. The second kappa shape index (κ2) is 6.74. The highest BCUT2D eigenvalue weighted by Gasteiger charge is 2.41. The van der Waals surface area contributed by atoms with Crippen LogP contribution in [0, 0.1) is 5.92 Å². The molecule has 24 heavy (non-hydrogen) atoms. The van der Waals surface area contributed by atoms with Crippen molar-refractivity contribution < 1.29 is 14.6 Å². The lowest BCUT2D eigenvalue weighted by Gasteiger charge is -2.33. The molecule has 126 valence electrons. The highest BCUT2D eigenvalue weighted by Crippen LogP contribution is 2.39. The number of rotatable bonds is 4. The Morgan fingerprint density at radius 3 is 3.00 bits per heavy atom. The number of fused-ring (bicyclic) bond motifs is 1. The van der Waals surface area contributed by atoms with Gasteiger partial charge < -0.3 is 15.2 Å². The Kier molecular flexibility index (Phi) is 4.50. The van der Waals surface area contributed by atoms with Gasteiger partial charge in [0, 0.05) is 5.70 Å². The highest BCUT2D eigenvalue weighted by atomic mass is 16.5. The standard InChI is InChI=1S/C17H20N4O3/c1-3-6-13-14(16(23)24-4-2)15(11-7-5-8-12(22)9-11)21-17(20-13)18-10-19-21/h5-10,14-15,22H,3-4H2,1-2H3,(H,18,19,20)/b13-6+/t14-,15+/m1/s1. The fourth-order valence-electron chi connectivity index (χ4n) is 2.99. The summed E-state index contributed by atoms with van der Waals surface area (Å²) in [6.07, 6.45) is 4.16. The molecule has 0 spiro atoms. The number of aromatic hydroxyl groups is 1. The van der Waals surface area contributed by atoms with E-state index in [9.17, 15) is 9.90 Å². The van der Waals surface area contributed by atoms with Crippen LogP contribution in [0.15, 0.2) is 42.4 Å². The molecule has 0 amide bonds. The van der Waals surface area contributed by atoms with Gasteiger partial charge in [-0.25, -0.2) is 4.68 Å². The van der Waals surface area contributed by atoms with E-state index in [2.05, 4.69) is 15.4 Å². The van der Waals surface area contributed by atoms with Crippen molar-refractivity contribution in [2.24, 2.45) is 5.92 Å². The van der Waals surface area contributed by atoms with E-state index in [4.69, 9.17) is 4.74 Å². The van der Waals surface area contributed by atoms with Crippen LogP contribution in [0.1, 0.15) is 31.9 Å². The van der Waals surface area contributed by atoms with E-state index in [0.717, 1.165) is 17.7 Å². The number of allylic oxidation sites excluding steroid dienone is 1. The van der Waals surface area contributed by atoms with E-state index < -0.39 is 12.0 Å². The number of carbonyl (C=O) groups excluding carboxylic acids is 1. The minimum Gasteiger partial charge on any atom is -0.508 e. The lowest BCUT2D eigenvalue weighted by molar-refractivity contribution is -0.147. The van der Waals surface area contributed by atoms with E-state index >= 15 is 0 Å². The molecule has 7 heteroatoms. The van der Waals surface area contributed by atoms with Gasteiger partial charge in [0.05, 0.1) is 12.6 Å². The first-order valence-corrected chi connectivity index (χ1v) is 7.97. The molecular formula is C17H20N4O3. The summed E-state index contributed by atoms with van der Waals surface area (Å²) >= 11 is 0. The summed E-state index contributed by atoms with van der Waals surface area (Å²) in [5.74, 6) is -0.222. The van der Waals surface area contributed by atoms with Gasteiger partial charge in [-0.3, -0.25) is 4.79 Å². The molecule has 3 rings (SSSR count). The first-order chi connectivity index (χ1) is 11.7. The molecule has 1 aromatic carbocycles. The maximum atomic E-state index is 12.7. The van der Waals surface area contributed by atoms with E-state index in [-0.39, 0.29) is 11.7 Å². The lowest BCUT2D eigenvalue weighted by Crippen LogP contribution is -2.38. The van der Waals surface area contributed by atoms with Gasteiger partial charge in [-0.2, -0.15) is 10.1 Å². The van der Waals surface area contributed by atoms with Crippen LogP contribution in [0.5, 0.6) is 5.75 Å². The van der Waals surface area contributed by atoms with Gasteiger partial charge in [-0.1, -0.05) is 25.1 Å². The molecule has 1 aromatic heterocycles. The average Bonchev–Trinajstić information content (AvgIpc) is 3.02. The number of ether oxygens (including phenoxy) is 1. The van der Waals surface area contributed by atoms with E-state index in [1.165, 1.54) is 6.33 Å². The first-order valence-electron chi connectivity index (χ1n) is 7.97. The van der Waals surface area contributed by atoms with Crippen LogP contribution >= 0.6 is 0 Å². The highest BCUT2D eigenvalue weighted by molar-refractivity contribution is 5.79. The van der Waals surface area contributed by atoms with E-state index in [1.807, 2.05) is 19.1 Å². The number of phenolic OH excluding ortho intramolecular Hbond substituents is 1. The second-order valence-electron chi connectivity index (χ2n) is 5.49. The van der Waals surface area contributed by atoms with Gasteiger partial charge in [0.25, 0.3) is 0 Å². The molecular weight excluding hydrogens is 308 g/mol. The van der Waals surface area contributed by atoms with Crippen LogP contribution in [-0.4, -0.2) is 32.4 Å². The maximum absolute atomic E-state index is 12.7. The third-order valence-electron chi connectivity index (χ3n) is 3.92. The summed E-state index contributed by atoms with van der Waals surface area (Å²) in [5.41, 5.74) is 1.51. The first kappa shape index (κ1) is 16.0. The van der Waals surface area contributed by atoms with Crippen molar-refractivity contribution in [2.45, 2.75) is 26.3 Å². The normalized spacial score (nSPS) is 21.2. The van der Waals surface area contributed by atoms with Crippen molar-refractivity contribution in [1.82, 2.24) is 14.8 Å². The molecule has 2 heterocycles. The fourth-order valence-corrected chi connectivity index (χ4v) is 2.99. The van der Waals surface area contributed by atoms with Crippen LogP contribution in [0.3, 0.4) is 0 Å². The Hall–Kier alpha value is -2.83. The summed E-state index contributed by atoms with van der Waals surface area (Å²) in [4.78, 5) is 16.9. The zero-order valence-corrected chi connectivity index (χ0v) is 13.6. The third-order valence-corrected chi connectivity index (χ3v) is 3.92. The largest absolute Gasteiger partial charge is 0.508 e. The van der Waals surface area contributed by atoms with Crippen LogP contribution in [0.2, 0.25) is 0 Å². The van der Waals surface area contributed by atoms with Gasteiger partial charge in [0.1, 0.15) is 18.0 Å². The zero-order valence-electron chi connectivity index (χ0n) is 13.6. The zero-order chi connectivity index (χ0) is 17.1. The van der Waals surface area contributed by atoms with E-state index in [0.29, 0.717) is 12.6 Å². The van der Waals surface area contributed by atoms with Crippen molar-refractivity contribution in [3.63, 3.8) is 0 Å². The molecule has 0 aliphatic carbocycles. The number of phenols is 1. The molecule has 2 atom stereocenters. The molecule has 0 bridgehead atoms. The van der Waals surface area contributed by atoms with Crippen LogP contribution in [-0.2, 0) is 9.53 Å². The molecule has 1 aliphatic rings. The number of esters is 1. The molecule has 0 radical (unpaired) electrons. The number of hydrogen-bond acceptors (Lipinski definition) is 6. The number of nitrogens with zero attached hydrogens (tertiary/aromatic N) is 3. The van der Waals surface area contributed by atoms with Crippen molar-refractivity contribution >= 4 is 11.9 Å². The summed E-state index contributed by atoms with van der Waals surface area (Å²) in [7, 11) is 0. The number of carbonyl (C=O) groups is 1. The topological polar surface area (TPSA) is 89.3 Å². The van der Waals surface area contributed by atoms with Crippen molar-refractivity contribution in [3.8, 4) is 5.75 Å². The van der Waals surface area contributed by atoms with Crippen molar-refractivity contribution in [1.29, 1.82) is 0 Å². The predicted octanol–water partition coefficient (Wildman–Crippen LogP) is 2.47. The third kappa shape index (κ3) is 2.84. The van der Waals surface area contributed by atoms with Crippen LogP contribution in [0.4, 0.5) is 5.95 Å². The lowest BCUT2D eigenvalue weighted by atomic mass is 9.88. The Balaban J connectivity index is 2.15. The van der Waals surface area contributed by atoms with Gasteiger partial charge >= 0.3 is 5.97 Å². The van der Waals surface area contributed by atoms with Crippen molar-refractivity contribution in [2.75, 3.05) is 11.9 Å². The van der Waals surface area contributed by atoms with E-state index in [1.54, 1.807) is 29.8 Å². The predicted molar refractivity (Wildman–Crippen MR) is 88.4 cm³/mol. The smallest absolute Gasteiger partial charge is 0.317 e. The molecule has 0 fully saturated rings. The Bertz CT molecular complexity index is 769. The van der Waals surface area contributed by atoms with Gasteiger partial charge in [-0.15, -0.1) is 0 Å². The number of hydrogen-bond donors (Lipinski definition) is 2. The molecule has 0 saturated heterocycles. The Morgan fingerprint density at radius 1 is 1.46 bits per heavy atom. The second-order valence-corrected chi connectivity index (χ2v) is 5.49. The van der Waals surface area contributed by atoms with Crippen LogP contribution < -0.4 is 5.32 Å². The molecule has 0 saturated carbocycles. The summed E-state index contributed by atoms with van der Waals surface area (Å²) in [5, 5.41) is 17.3. The van der Waals surface area contributed by atoms with Crippen LogP contribution in [0.25, 0.3) is 0 Å². The average molecular weight is 328 g/mol. The minimum atomic E-state index is -0.582. The minimum absolute atomic E-state index is 0.135. The number of benzene rings is 1. The quantitative estimate of drug-likeness (QED) is 0.838. The maximum Gasteiger partial charge on any atom is 0.317 e. The van der Waals surface area contributed by atoms with Gasteiger partial charge in [0.2, 0.25) is 5.95 Å². The van der Waals surface area contributed by atoms with Crippen molar-refractivity contribution in [3.05, 3.63) is 47.9 Å². The molecule has 7 nitrogen and oxygen atoms in total. The SMILES string of the molecule is CC/C=C1/Nc2ncnn2[C@@H](c2cccc(O)c2)[C@@H]1C(=O)OCC. The molecule has 1 aliphatic heterocycles. The summed E-state index contributed by atoms with van der Waals surface area (Å²) < 4.78 is 6.94. The fraction of sp³-hybridized carbons (Fsp3) is 0.353. The number of anilines is 1. The summed E-state index contributed by atoms with van der Waals surface area (Å²) in [6.45, 7) is 4.08.